The van der Waals surface area contributed by atoms with Crippen molar-refractivity contribution in [3.63, 3.8) is 0 Å². The molecule has 2 heterocycles. The molecule has 304 valence electrons. The van der Waals surface area contributed by atoms with Crippen molar-refractivity contribution < 1.29 is 38.1 Å². The van der Waals surface area contributed by atoms with Gasteiger partial charge in [0.1, 0.15) is 11.5 Å². The van der Waals surface area contributed by atoms with Gasteiger partial charge in [0, 0.05) is 48.1 Å². The minimum absolute atomic E-state index is 0.354. The van der Waals surface area contributed by atoms with E-state index in [-0.39, 0.29) is 0 Å². The van der Waals surface area contributed by atoms with Crippen LogP contribution in [0.4, 0.5) is 11.4 Å². The van der Waals surface area contributed by atoms with Gasteiger partial charge < -0.3 is 38.5 Å². The summed E-state index contributed by atoms with van der Waals surface area (Å²) in [5, 5.41) is -1.26. The van der Waals surface area contributed by atoms with Crippen molar-refractivity contribution in [3.05, 3.63) is 120 Å². The molecule has 2 amide bonds. The van der Waals surface area contributed by atoms with E-state index in [4.69, 9.17) is 18.9 Å². The van der Waals surface area contributed by atoms with Crippen molar-refractivity contribution in [1.29, 1.82) is 0 Å². The molecule has 2 aliphatic rings. The minimum atomic E-state index is -1.26. The monoisotopic (exact) mass is 824 g/mol. The predicted molar refractivity (Wildman–Crippen MR) is 227 cm³/mol. The van der Waals surface area contributed by atoms with Crippen LogP contribution in [0.2, 0.25) is 0 Å². The van der Waals surface area contributed by atoms with E-state index >= 15 is 0 Å². The molecule has 14 heteroatoms. The Kier molecular flexibility index (Phi) is 14.2. The minimum Gasteiger partial charge on any atom is -0.497 e. The summed E-state index contributed by atoms with van der Waals surface area (Å²) in [5.74, 6) is -1.35. The Labute approximate surface area is 348 Å². The highest BCUT2D eigenvalue weighted by atomic mass is 32.2. The number of nitrogens with zero attached hydrogens (tertiary/aromatic N) is 4. The fraction of sp³-hybridized carbons (Fsp3) is 0.318. The van der Waals surface area contributed by atoms with Crippen molar-refractivity contribution >= 4 is 58.7 Å². The van der Waals surface area contributed by atoms with Crippen LogP contribution in [-0.2, 0) is 28.7 Å². The number of para-hydroxylation sites is 2. The maximum absolute atomic E-state index is 14.5. The zero-order chi connectivity index (χ0) is 41.3. The lowest BCUT2D eigenvalue weighted by Crippen LogP contribution is -2.45. The van der Waals surface area contributed by atoms with E-state index < -0.39 is 46.5 Å². The van der Waals surface area contributed by atoms with E-state index in [1.165, 1.54) is 23.5 Å². The van der Waals surface area contributed by atoms with Crippen molar-refractivity contribution in [1.82, 2.24) is 9.80 Å². The van der Waals surface area contributed by atoms with E-state index in [1.54, 1.807) is 48.3 Å². The zero-order valence-corrected chi connectivity index (χ0v) is 35.0. The molecular weight excluding hydrogens is 777 g/mol. The van der Waals surface area contributed by atoms with Crippen LogP contribution in [0.1, 0.15) is 21.6 Å². The lowest BCUT2D eigenvalue weighted by molar-refractivity contribution is -0.152. The standard InChI is InChI=1S/C44H48N4O8S2/c1-45(2)25-27-47-33-11-7-9-13-35(33)57-41(29-15-19-31(53-5)20-16-29)39(43(47)51)55-37(49)23-24-38(50)56-40-42(30-17-21-32(54-6)22-18-30)58-36-14-10-8-12-34(36)48(44(40)52)28-26-46(3)4/h7-24,39-42H,25-28H2,1-6H3/b24-23+/t39-,40-,41+,42+/m0/s1. The van der Waals surface area contributed by atoms with Crippen molar-refractivity contribution in [2.45, 2.75) is 32.5 Å². The molecule has 58 heavy (non-hydrogen) atoms. The molecule has 6 rings (SSSR count). The third kappa shape index (κ3) is 10.0. The van der Waals surface area contributed by atoms with Crippen LogP contribution < -0.4 is 19.3 Å². The molecule has 0 aromatic heterocycles. The maximum Gasteiger partial charge on any atom is 0.331 e. The van der Waals surface area contributed by atoms with Gasteiger partial charge in [0.05, 0.1) is 36.1 Å². The molecule has 0 fully saturated rings. The number of hydrogen-bond acceptors (Lipinski definition) is 12. The zero-order valence-electron chi connectivity index (χ0n) is 33.4. The smallest absolute Gasteiger partial charge is 0.331 e. The molecule has 0 saturated heterocycles. The number of esters is 2. The van der Waals surface area contributed by atoms with Gasteiger partial charge in [-0.15, -0.1) is 23.5 Å². The summed E-state index contributed by atoms with van der Waals surface area (Å²) in [4.78, 5) is 65.3. The number of ether oxygens (including phenoxy) is 4. The quantitative estimate of drug-likeness (QED) is 0.105. The Bertz CT molecular complexity index is 1960. The lowest BCUT2D eigenvalue weighted by atomic mass is 10.1. The largest absolute Gasteiger partial charge is 0.497 e. The highest BCUT2D eigenvalue weighted by Gasteiger charge is 2.42. The Morgan fingerprint density at radius 2 is 0.948 bits per heavy atom. The number of amides is 2. The molecule has 0 saturated carbocycles. The third-order valence-corrected chi connectivity index (χ3v) is 12.4. The molecule has 4 atom stereocenters. The lowest BCUT2D eigenvalue weighted by Gasteiger charge is -2.28. The summed E-state index contributed by atoms with van der Waals surface area (Å²) < 4.78 is 22.7. The van der Waals surface area contributed by atoms with Crippen molar-refractivity contribution in [3.8, 4) is 11.5 Å². The van der Waals surface area contributed by atoms with E-state index in [9.17, 15) is 19.2 Å². The topological polar surface area (TPSA) is 118 Å². The van der Waals surface area contributed by atoms with Gasteiger partial charge >= 0.3 is 11.9 Å². The number of fused-ring (bicyclic) bond motifs is 2. The SMILES string of the molecule is COc1ccc([C@H]2Sc3ccccc3N(CCN(C)C)C(=O)[C@H]2OC(=O)/C=C/C(=O)O[C@@H]2C(=O)N(CCN(C)C)c3ccccc3S[C@@H]2c2ccc(OC)cc2)cc1. The first kappa shape index (κ1) is 42.3. The van der Waals surface area contributed by atoms with Gasteiger partial charge in [0.2, 0.25) is 0 Å². The molecule has 0 unspecified atom stereocenters. The molecular formula is C44H48N4O8S2. The molecule has 4 aromatic carbocycles. The summed E-state index contributed by atoms with van der Waals surface area (Å²) in [5.41, 5.74) is 2.93. The number of methoxy groups -OCH3 is 2. The number of anilines is 2. The average Bonchev–Trinajstić information content (AvgIpc) is 3.41. The molecule has 12 nitrogen and oxygen atoms in total. The summed E-state index contributed by atoms with van der Waals surface area (Å²) in [6.07, 6.45) is -0.626. The van der Waals surface area contributed by atoms with Crippen LogP contribution in [0.3, 0.4) is 0 Å². The van der Waals surface area contributed by atoms with Crippen LogP contribution in [0, 0.1) is 0 Å². The fourth-order valence-corrected chi connectivity index (χ4v) is 9.22. The number of benzene rings is 4. The first-order chi connectivity index (χ1) is 28.0. The Morgan fingerprint density at radius 3 is 1.29 bits per heavy atom. The average molecular weight is 825 g/mol. The second-order valence-electron chi connectivity index (χ2n) is 14.2. The van der Waals surface area contributed by atoms with Crippen molar-refractivity contribution in [2.24, 2.45) is 0 Å². The molecule has 2 aliphatic heterocycles. The second-order valence-corrected chi connectivity index (χ2v) is 16.6. The van der Waals surface area contributed by atoms with Gasteiger partial charge in [0.15, 0.2) is 12.2 Å². The number of carbonyl (C=O) groups excluding carboxylic acids is 4. The molecule has 0 radical (unpaired) electrons. The summed E-state index contributed by atoms with van der Waals surface area (Å²) in [7, 11) is 10.8. The predicted octanol–water partition coefficient (Wildman–Crippen LogP) is 6.27. The second kappa shape index (κ2) is 19.4. The summed E-state index contributed by atoms with van der Waals surface area (Å²) in [6, 6.07) is 29.8. The summed E-state index contributed by atoms with van der Waals surface area (Å²) in [6.45, 7) is 1.84. The Balaban J connectivity index is 1.28. The van der Waals surface area contributed by atoms with E-state index in [0.29, 0.717) is 37.7 Å². The molecule has 4 aromatic rings. The number of thioether (sulfide) groups is 2. The molecule has 0 aliphatic carbocycles. The number of carbonyl (C=O) groups is 4. The Morgan fingerprint density at radius 1 is 0.586 bits per heavy atom. The molecule has 0 spiro atoms. The first-order valence-electron chi connectivity index (χ1n) is 18.8. The van der Waals surface area contributed by atoms with Gasteiger partial charge in [-0.1, -0.05) is 48.5 Å². The van der Waals surface area contributed by atoms with Gasteiger partial charge in [-0.2, -0.15) is 0 Å². The van der Waals surface area contributed by atoms with Crippen LogP contribution in [0.25, 0.3) is 0 Å². The number of rotatable bonds is 14. The van der Waals surface area contributed by atoms with Gasteiger partial charge in [0.25, 0.3) is 11.8 Å². The van der Waals surface area contributed by atoms with Gasteiger partial charge in [-0.05, 0) is 87.8 Å². The Hall–Kier alpha value is -5.28. The van der Waals surface area contributed by atoms with E-state index in [2.05, 4.69) is 0 Å². The van der Waals surface area contributed by atoms with Gasteiger partial charge in [-0.25, -0.2) is 9.59 Å². The normalized spacial score (nSPS) is 19.4. The number of likely N-dealkylation sites (N-methyl/N-ethyl adjacent to an activating group) is 2. The van der Waals surface area contributed by atoms with Crippen LogP contribution in [0.15, 0.2) is 119 Å². The third-order valence-electron chi connectivity index (χ3n) is 9.66. The molecule has 0 bridgehead atoms. The van der Waals surface area contributed by atoms with Gasteiger partial charge in [-0.3, -0.25) is 9.59 Å². The maximum atomic E-state index is 14.5. The summed E-state index contributed by atoms with van der Waals surface area (Å²) >= 11 is 2.84. The fourth-order valence-electron chi connectivity index (χ4n) is 6.58. The molecule has 0 N–H and O–H groups in total. The van der Waals surface area contributed by atoms with Crippen LogP contribution >= 0.6 is 23.5 Å². The van der Waals surface area contributed by atoms with E-state index in [1.807, 2.05) is 111 Å². The van der Waals surface area contributed by atoms with Crippen LogP contribution in [-0.4, -0.2) is 114 Å². The highest BCUT2D eigenvalue weighted by Crippen LogP contribution is 2.48. The van der Waals surface area contributed by atoms with Crippen LogP contribution in [0.5, 0.6) is 11.5 Å². The van der Waals surface area contributed by atoms with Crippen molar-refractivity contribution in [2.75, 3.05) is 78.4 Å². The first-order valence-corrected chi connectivity index (χ1v) is 20.5. The number of hydrogen-bond donors (Lipinski definition) is 0. The highest BCUT2D eigenvalue weighted by molar-refractivity contribution is 8.00. The van der Waals surface area contributed by atoms with E-state index in [0.717, 1.165) is 44.4 Å².